The maximum atomic E-state index is 5.37. The van der Waals surface area contributed by atoms with Gasteiger partial charge in [-0.2, -0.15) is 5.10 Å². The van der Waals surface area contributed by atoms with E-state index >= 15 is 0 Å². The van der Waals surface area contributed by atoms with Gasteiger partial charge in [0.05, 0.1) is 19.9 Å². The Morgan fingerprint density at radius 1 is 1.08 bits per heavy atom. The molecule has 2 aromatic heterocycles. The first-order valence-corrected chi connectivity index (χ1v) is 8.23. The highest BCUT2D eigenvalue weighted by atomic mass is 16.5. The summed E-state index contributed by atoms with van der Waals surface area (Å²) in [6, 6.07) is 5.86. The van der Waals surface area contributed by atoms with Gasteiger partial charge in [0, 0.05) is 13.1 Å². The molecule has 0 aliphatic rings. The molecule has 3 rings (SSSR count). The second-order valence-electron chi connectivity index (χ2n) is 5.76. The minimum atomic E-state index is 0.611. The van der Waals surface area contributed by atoms with Crippen LogP contribution in [-0.4, -0.2) is 34.0 Å². The Bertz CT molecular complexity index is 904. The number of hydrogen-bond donors (Lipinski definition) is 1. The lowest BCUT2D eigenvalue weighted by Crippen LogP contribution is -2.07. The third-order valence-electron chi connectivity index (χ3n) is 4.07. The second kappa shape index (κ2) is 6.96. The Morgan fingerprint density at radius 3 is 2.52 bits per heavy atom. The summed E-state index contributed by atoms with van der Waals surface area (Å²) in [6.07, 6.45) is 0. The molecule has 0 radical (unpaired) electrons. The number of rotatable bonds is 6. The van der Waals surface area contributed by atoms with Crippen LogP contribution in [0.15, 0.2) is 18.2 Å². The van der Waals surface area contributed by atoms with Crippen molar-refractivity contribution in [3.63, 3.8) is 0 Å². The maximum Gasteiger partial charge on any atom is 0.161 e. The highest BCUT2D eigenvalue weighted by molar-refractivity contribution is 5.87. The van der Waals surface area contributed by atoms with Gasteiger partial charge in [-0.05, 0) is 38.5 Å². The predicted octanol–water partition coefficient (Wildman–Crippen LogP) is 3.09. The highest BCUT2D eigenvalue weighted by Gasteiger charge is 2.15. The van der Waals surface area contributed by atoms with Gasteiger partial charge in [-0.25, -0.2) is 9.97 Å². The van der Waals surface area contributed by atoms with Gasteiger partial charge < -0.3 is 14.8 Å². The van der Waals surface area contributed by atoms with Crippen molar-refractivity contribution < 1.29 is 9.47 Å². The topological polar surface area (TPSA) is 74.1 Å². The van der Waals surface area contributed by atoms with E-state index in [1.54, 1.807) is 14.2 Å². The molecule has 0 unspecified atom stereocenters. The van der Waals surface area contributed by atoms with E-state index in [4.69, 9.17) is 9.47 Å². The molecule has 0 saturated heterocycles. The number of benzene rings is 1. The lowest BCUT2D eigenvalue weighted by Gasteiger charge is -2.12. The molecule has 7 nitrogen and oxygen atoms in total. The largest absolute Gasteiger partial charge is 0.493 e. The van der Waals surface area contributed by atoms with Gasteiger partial charge in [0.25, 0.3) is 0 Å². The van der Waals surface area contributed by atoms with Crippen molar-refractivity contribution in [1.29, 1.82) is 0 Å². The van der Waals surface area contributed by atoms with Crippen molar-refractivity contribution in [2.24, 2.45) is 0 Å². The standard InChI is InChI=1S/C18H23N5O2/c1-6-23-17-16(11(2)22-23)20-12(3)21-18(17)19-10-13-7-8-14(24-4)15(9-13)25-5/h7-9H,6,10H2,1-5H3,(H,19,20,21). The van der Waals surface area contributed by atoms with E-state index in [0.29, 0.717) is 18.0 Å². The van der Waals surface area contributed by atoms with Crippen molar-refractivity contribution in [2.75, 3.05) is 19.5 Å². The van der Waals surface area contributed by atoms with Gasteiger partial charge in [0.1, 0.15) is 16.9 Å². The van der Waals surface area contributed by atoms with Crippen molar-refractivity contribution in [3.8, 4) is 11.5 Å². The molecule has 0 aliphatic carbocycles. The van der Waals surface area contributed by atoms with Gasteiger partial charge >= 0.3 is 0 Å². The van der Waals surface area contributed by atoms with Crippen LogP contribution in [0.1, 0.15) is 24.0 Å². The number of anilines is 1. The fourth-order valence-electron chi connectivity index (χ4n) is 2.87. The van der Waals surface area contributed by atoms with E-state index in [1.807, 2.05) is 36.7 Å². The van der Waals surface area contributed by atoms with E-state index in [0.717, 1.165) is 40.5 Å². The van der Waals surface area contributed by atoms with Crippen molar-refractivity contribution in [1.82, 2.24) is 19.7 Å². The molecule has 0 fully saturated rings. The summed E-state index contributed by atoms with van der Waals surface area (Å²) in [6.45, 7) is 7.30. The minimum Gasteiger partial charge on any atom is -0.493 e. The lowest BCUT2D eigenvalue weighted by atomic mass is 10.2. The zero-order valence-corrected chi connectivity index (χ0v) is 15.3. The van der Waals surface area contributed by atoms with Crippen LogP contribution in [0.3, 0.4) is 0 Å². The SMILES string of the molecule is CCn1nc(C)c2nc(C)nc(NCc3ccc(OC)c(OC)c3)c21. The fraction of sp³-hybridized carbons (Fsp3) is 0.389. The molecule has 0 spiro atoms. The second-order valence-corrected chi connectivity index (χ2v) is 5.76. The first-order valence-electron chi connectivity index (χ1n) is 8.23. The minimum absolute atomic E-state index is 0.611. The Balaban J connectivity index is 1.93. The molecule has 132 valence electrons. The fourth-order valence-corrected chi connectivity index (χ4v) is 2.87. The van der Waals surface area contributed by atoms with Crippen molar-refractivity contribution in [3.05, 3.63) is 35.3 Å². The Labute approximate surface area is 147 Å². The van der Waals surface area contributed by atoms with Crippen LogP contribution in [0.5, 0.6) is 11.5 Å². The smallest absolute Gasteiger partial charge is 0.161 e. The van der Waals surface area contributed by atoms with Gasteiger partial charge in [-0.3, -0.25) is 4.68 Å². The molecular formula is C18H23N5O2. The van der Waals surface area contributed by atoms with E-state index in [-0.39, 0.29) is 0 Å². The van der Waals surface area contributed by atoms with Crippen molar-refractivity contribution in [2.45, 2.75) is 33.9 Å². The number of fused-ring (bicyclic) bond motifs is 1. The molecule has 0 bridgehead atoms. The van der Waals surface area contributed by atoms with Gasteiger partial charge in [-0.15, -0.1) is 0 Å². The van der Waals surface area contributed by atoms with Gasteiger partial charge in [0.15, 0.2) is 17.3 Å². The molecule has 0 atom stereocenters. The van der Waals surface area contributed by atoms with E-state index < -0.39 is 0 Å². The Hall–Kier alpha value is -2.83. The number of aryl methyl sites for hydroxylation is 3. The van der Waals surface area contributed by atoms with E-state index in [2.05, 4.69) is 27.3 Å². The predicted molar refractivity (Wildman–Crippen MR) is 97.3 cm³/mol. The number of aromatic nitrogens is 4. The molecule has 1 N–H and O–H groups in total. The summed E-state index contributed by atoms with van der Waals surface area (Å²) in [4.78, 5) is 9.11. The molecule has 0 amide bonds. The van der Waals surface area contributed by atoms with Crippen LogP contribution in [0.4, 0.5) is 5.82 Å². The molecule has 25 heavy (non-hydrogen) atoms. The van der Waals surface area contributed by atoms with Crippen LogP contribution in [0.2, 0.25) is 0 Å². The third-order valence-corrected chi connectivity index (χ3v) is 4.07. The normalized spacial score (nSPS) is 10.9. The molecule has 0 aliphatic heterocycles. The first kappa shape index (κ1) is 17.0. The van der Waals surface area contributed by atoms with Crippen LogP contribution in [0, 0.1) is 13.8 Å². The Kier molecular flexibility index (Phi) is 4.74. The number of ether oxygens (including phenoxy) is 2. The summed E-state index contributed by atoms with van der Waals surface area (Å²) in [5.74, 6) is 2.94. The quantitative estimate of drug-likeness (QED) is 0.743. The van der Waals surface area contributed by atoms with Gasteiger partial charge in [0.2, 0.25) is 0 Å². The van der Waals surface area contributed by atoms with Crippen LogP contribution >= 0.6 is 0 Å². The number of nitrogens with zero attached hydrogens (tertiary/aromatic N) is 4. The summed E-state index contributed by atoms with van der Waals surface area (Å²) < 4.78 is 12.6. The monoisotopic (exact) mass is 341 g/mol. The number of methoxy groups -OCH3 is 2. The summed E-state index contributed by atoms with van der Waals surface area (Å²) in [5, 5.41) is 7.97. The van der Waals surface area contributed by atoms with Gasteiger partial charge in [-0.1, -0.05) is 6.07 Å². The van der Waals surface area contributed by atoms with Crippen LogP contribution in [-0.2, 0) is 13.1 Å². The lowest BCUT2D eigenvalue weighted by molar-refractivity contribution is 0.354. The molecule has 3 aromatic rings. The zero-order chi connectivity index (χ0) is 18.0. The van der Waals surface area contributed by atoms with Crippen LogP contribution < -0.4 is 14.8 Å². The zero-order valence-electron chi connectivity index (χ0n) is 15.3. The maximum absolute atomic E-state index is 5.37. The van der Waals surface area contributed by atoms with Crippen LogP contribution in [0.25, 0.3) is 11.0 Å². The van der Waals surface area contributed by atoms with Crippen molar-refractivity contribution >= 4 is 16.9 Å². The Morgan fingerprint density at radius 2 is 1.84 bits per heavy atom. The third kappa shape index (κ3) is 3.22. The summed E-state index contributed by atoms with van der Waals surface area (Å²) in [5.41, 5.74) is 3.81. The molecule has 7 heteroatoms. The average molecular weight is 341 g/mol. The summed E-state index contributed by atoms with van der Waals surface area (Å²) >= 11 is 0. The summed E-state index contributed by atoms with van der Waals surface area (Å²) in [7, 11) is 3.26. The van der Waals surface area contributed by atoms with E-state index in [9.17, 15) is 0 Å². The number of nitrogens with one attached hydrogen (secondary N) is 1. The molecule has 1 aromatic carbocycles. The molecular weight excluding hydrogens is 318 g/mol. The first-order chi connectivity index (χ1) is 12.1. The average Bonchev–Trinajstić information content (AvgIpc) is 2.95. The molecule has 0 saturated carbocycles. The number of hydrogen-bond acceptors (Lipinski definition) is 6. The highest BCUT2D eigenvalue weighted by Crippen LogP contribution is 2.28. The van der Waals surface area contributed by atoms with E-state index in [1.165, 1.54) is 0 Å². The molecule has 2 heterocycles.